The fraction of sp³-hybridized carbons (Fsp3) is 1.00. The topological polar surface area (TPSA) is 38.0 Å². The van der Waals surface area contributed by atoms with E-state index in [1.165, 1.54) is 64.2 Å². The number of alkyl halides is 1. The van der Waals surface area contributed by atoms with E-state index >= 15 is 0 Å². The van der Waals surface area contributed by atoms with Gasteiger partial charge in [-0.3, -0.25) is 0 Å². The maximum absolute atomic E-state index is 5.63. The van der Waals surface area contributed by atoms with Crippen LogP contribution in [0.25, 0.3) is 0 Å². The van der Waals surface area contributed by atoms with E-state index in [1.54, 1.807) is 0 Å². The molecule has 0 aromatic heterocycles. The predicted molar refractivity (Wildman–Crippen MR) is 100 cm³/mol. The van der Waals surface area contributed by atoms with Crippen molar-refractivity contribution in [1.82, 2.24) is 5.32 Å². The molecule has 0 bridgehead atoms. The van der Waals surface area contributed by atoms with Crippen molar-refractivity contribution >= 4 is 15.9 Å². The third-order valence-corrected chi connectivity index (χ3v) is 3.82. The molecule has 2 nitrogen and oxygen atoms in total. The van der Waals surface area contributed by atoms with Gasteiger partial charge < -0.3 is 11.1 Å². The normalized spacial score (nSPS) is 20.6. The summed E-state index contributed by atoms with van der Waals surface area (Å²) in [5.41, 5.74) is 5.63. The van der Waals surface area contributed by atoms with E-state index in [9.17, 15) is 0 Å². The highest BCUT2D eigenvalue weighted by Crippen LogP contribution is 2.17. The molecule has 2 fully saturated rings. The molecule has 3 heteroatoms. The van der Waals surface area contributed by atoms with Crippen LogP contribution in [-0.2, 0) is 0 Å². The van der Waals surface area contributed by atoms with Crippen LogP contribution < -0.4 is 11.1 Å². The third kappa shape index (κ3) is 16.6. The van der Waals surface area contributed by atoms with Crippen LogP contribution in [0.2, 0.25) is 0 Å². The summed E-state index contributed by atoms with van der Waals surface area (Å²) in [4.78, 5) is 0.646. The molecule has 0 spiro atoms. The van der Waals surface area contributed by atoms with E-state index in [0.29, 0.717) is 16.9 Å². The second-order valence-corrected chi connectivity index (χ2v) is 8.90. The number of halogens is 1. The van der Waals surface area contributed by atoms with Gasteiger partial charge in [-0.15, -0.1) is 0 Å². The molecule has 0 aliphatic heterocycles. The lowest BCUT2D eigenvalue weighted by Crippen LogP contribution is -2.35. The number of nitrogens with two attached hydrogens (primary N) is 1. The van der Waals surface area contributed by atoms with E-state index in [-0.39, 0.29) is 0 Å². The van der Waals surface area contributed by atoms with Crippen molar-refractivity contribution in [3.8, 4) is 0 Å². The molecule has 2 rings (SSSR count). The first-order chi connectivity index (χ1) is 9.91. The van der Waals surface area contributed by atoms with Crippen LogP contribution in [0.15, 0.2) is 0 Å². The predicted octanol–water partition coefficient (Wildman–Crippen LogP) is 5.38. The maximum atomic E-state index is 5.63. The van der Waals surface area contributed by atoms with E-state index in [4.69, 9.17) is 5.73 Å². The Morgan fingerprint density at radius 2 is 1.19 bits per heavy atom. The van der Waals surface area contributed by atoms with Gasteiger partial charge in [-0.2, -0.15) is 0 Å². The summed E-state index contributed by atoms with van der Waals surface area (Å²) in [5.74, 6) is 0. The van der Waals surface area contributed by atoms with Gasteiger partial charge in [0.15, 0.2) is 0 Å². The van der Waals surface area contributed by atoms with Crippen LogP contribution in [-0.4, -0.2) is 23.0 Å². The van der Waals surface area contributed by atoms with Crippen molar-refractivity contribution in [2.75, 3.05) is 0 Å². The van der Waals surface area contributed by atoms with Crippen molar-refractivity contribution in [3.05, 3.63) is 0 Å². The third-order valence-electron chi connectivity index (χ3n) is 3.82. The average molecular weight is 363 g/mol. The minimum atomic E-state index is 0.536. The first-order valence-corrected chi connectivity index (χ1v) is 9.99. The minimum Gasteiger partial charge on any atom is -0.328 e. The second kappa shape index (κ2) is 14.0. The van der Waals surface area contributed by atoms with Crippen LogP contribution >= 0.6 is 15.9 Å². The molecule has 2 aliphatic carbocycles. The van der Waals surface area contributed by atoms with Crippen LogP contribution in [0, 0.1) is 0 Å². The zero-order valence-electron chi connectivity index (χ0n) is 14.8. The molecule has 0 saturated heterocycles. The molecular weight excluding hydrogens is 324 g/mol. The smallest absolute Gasteiger partial charge is 0.00888 e. The molecule has 2 aliphatic rings. The van der Waals surface area contributed by atoms with E-state index < -0.39 is 0 Å². The largest absolute Gasteiger partial charge is 0.328 e. The molecule has 0 atom stereocenters. The Bertz CT molecular complexity index is 205. The van der Waals surface area contributed by atoms with Gasteiger partial charge in [-0.1, -0.05) is 82.1 Å². The van der Waals surface area contributed by atoms with Crippen molar-refractivity contribution in [2.24, 2.45) is 5.73 Å². The highest BCUT2D eigenvalue weighted by molar-refractivity contribution is 9.09. The van der Waals surface area contributed by atoms with E-state index in [2.05, 4.69) is 48.9 Å². The fourth-order valence-corrected chi connectivity index (χ4v) is 2.87. The molecule has 2 saturated carbocycles. The Labute approximate surface area is 142 Å². The lowest BCUT2D eigenvalue weighted by Gasteiger charge is -2.24. The summed E-state index contributed by atoms with van der Waals surface area (Å²) in [7, 11) is 0. The van der Waals surface area contributed by atoms with E-state index in [0.717, 1.165) is 6.04 Å². The van der Waals surface area contributed by atoms with Crippen molar-refractivity contribution in [2.45, 2.75) is 115 Å². The Morgan fingerprint density at radius 1 is 0.810 bits per heavy atom. The van der Waals surface area contributed by atoms with Gasteiger partial charge in [0.1, 0.15) is 0 Å². The molecule has 128 valence electrons. The van der Waals surface area contributed by atoms with Crippen LogP contribution in [0.4, 0.5) is 0 Å². The monoisotopic (exact) mass is 362 g/mol. The van der Waals surface area contributed by atoms with Gasteiger partial charge in [0.05, 0.1) is 0 Å². The van der Waals surface area contributed by atoms with Crippen molar-refractivity contribution in [1.29, 1.82) is 0 Å². The summed E-state index contributed by atoms with van der Waals surface area (Å²) in [6, 6.07) is 2.03. The summed E-state index contributed by atoms with van der Waals surface area (Å²) in [5, 5.41) is 3.58. The molecule has 0 heterocycles. The fourth-order valence-electron chi connectivity index (χ4n) is 2.87. The highest BCUT2D eigenvalue weighted by atomic mass is 79.9. The molecule has 0 unspecified atom stereocenters. The number of hydrogen-bond donors (Lipinski definition) is 2. The zero-order valence-corrected chi connectivity index (χ0v) is 16.4. The van der Waals surface area contributed by atoms with Gasteiger partial charge in [0, 0.05) is 23.0 Å². The average Bonchev–Trinajstić information content (AvgIpc) is 2.40. The number of nitrogens with one attached hydrogen (secondary N) is 1. The first kappa shape index (κ1) is 21.4. The van der Waals surface area contributed by atoms with Crippen LogP contribution in [0.5, 0.6) is 0 Å². The Morgan fingerprint density at radius 3 is 1.48 bits per heavy atom. The number of rotatable bonds is 2. The summed E-state index contributed by atoms with van der Waals surface area (Å²) in [6.07, 6.45) is 13.8. The van der Waals surface area contributed by atoms with Gasteiger partial charge in [-0.05, 0) is 25.7 Å². The quantitative estimate of drug-likeness (QED) is 0.646. The summed E-state index contributed by atoms with van der Waals surface area (Å²) >= 11 is 3.27. The van der Waals surface area contributed by atoms with Crippen molar-refractivity contribution in [3.63, 3.8) is 0 Å². The summed E-state index contributed by atoms with van der Waals surface area (Å²) < 4.78 is 0. The lowest BCUT2D eigenvalue weighted by atomic mass is 9.95. The molecule has 0 amide bonds. The van der Waals surface area contributed by atoms with Gasteiger partial charge >= 0.3 is 0 Å². The zero-order chi connectivity index (χ0) is 16.1. The molecule has 21 heavy (non-hydrogen) atoms. The minimum absolute atomic E-state index is 0.536. The molecule has 0 radical (unpaired) electrons. The van der Waals surface area contributed by atoms with Crippen LogP contribution in [0.3, 0.4) is 0 Å². The van der Waals surface area contributed by atoms with Gasteiger partial charge in [0.2, 0.25) is 0 Å². The lowest BCUT2D eigenvalue weighted by molar-refractivity contribution is 0.352. The van der Waals surface area contributed by atoms with Gasteiger partial charge in [0.25, 0.3) is 0 Å². The highest BCUT2D eigenvalue weighted by Gasteiger charge is 2.12. The van der Waals surface area contributed by atoms with Gasteiger partial charge in [-0.25, -0.2) is 0 Å². The van der Waals surface area contributed by atoms with Crippen LogP contribution in [0.1, 0.15) is 91.9 Å². The molecular formula is C18H39BrN2. The standard InChI is InChI=1S/C9H19N.C6H13N.C3H7Br/c1-8(2)10-9-6-4-3-5-7-9;7-6-4-2-1-3-5-6;1-3(2)4/h8-10H,3-7H2,1-2H3;6H,1-5,7H2;3H,1-2H3. The maximum Gasteiger partial charge on any atom is 0.00888 e. The summed E-state index contributed by atoms with van der Waals surface area (Å²) in [6.45, 7) is 8.63. The first-order valence-electron chi connectivity index (χ1n) is 9.07. The number of hydrogen-bond acceptors (Lipinski definition) is 2. The molecule has 0 aromatic rings. The molecule has 0 aromatic carbocycles. The second-order valence-electron chi connectivity index (χ2n) is 7.07. The Kier molecular flexibility index (Phi) is 14.3. The van der Waals surface area contributed by atoms with E-state index in [1.807, 2.05) is 0 Å². The van der Waals surface area contributed by atoms with Crippen molar-refractivity contribution < 1.29 is 0 Å². The SMILES string of the molecule is CC(C)Br.CC(C)NC1CCCCC1.NC1CCCCC1. The Hall–Kier alpha value is 0.400. The Balaban J connectivity index is 0.000000317. The molecule has 3 N–H and O–H groups in total.